The highest BCUT2D eigenvalue weighted by atomic mass is 16.5. The van der Waals surface area contributed by atoms with Gasteiger partial charge in [0.1, 0.15) is 5.75 Å². The first-order valence-electron chi connectivity index (χ1n) is 7.30. The minimum Gasteiger partial charge on any atom is -0.497 e. The molecule has 19 heavy (non-hydrogen) atoms. The van der Waals surface area contributed by atoms with E-state index in [0.717, 1.165) is 25.1 Å². The summed E-state index contributed by atoms with van der Waals surface area (Å²) in [4.78, 5) is 2.43. The molecule has 2 unspecified atom stereocenters. The Labute approximate surface area is 116 Å². The van der Waals surface area contributed by atoms with Crippen molar-refractivity contribution < 1.29 is 4.74 Å². The minimum atomic E-state index is 0.0979. The lowest BCUT2D eigenvalue weighted by atomic mass is 9.83. The van der Waals surface area contributed by atoms with Crippen LogP contribution in [0.25, 0.3) is 0 Å². The normalized spacial score (nSPS) is 22.4. The summed E-state index contributed by atoms with van der Waals surface area (Å²) < 4.78 is 5.32. The van der Waals surface area contributed by atoms with E-state index in [1.807, 2.05) is 6.07 Å². The van der Waals surface area contributed by atoms with E-state index in [-0.39, 0.29) is 6.04 Å². The number of nitrogens with zero attached hydrogens (tertiary/aromatic N) is 1. The molecule has 0 heterocycles. The summed E-state index contributed by atoms with van der Waals surface area (Å²) in [7, 11) is 3.91. The van der Waals surface area contributed by atoms with E-state index >= 15 is 0 Å². The average Bonchev–Trinajstić information content (AvgIpc) is 2.45. The molecule has 0 spiro atoms. The van der Waals surface area contributed by atoms with Gasteiger partial charge >= 0.3 is 0 Å². The van der Waals surface area contributed by atoms with Gasteiger partial charge in [-0.15, -0.1) is 0 Å². The van der Waals surface area contributed by atoms with Gasteiger partial charge in [-0.2, -0.15) is 0 Å². The van der Waals surface area contributed by atoms with Crippen LogP contribution in [-0.4, -0.2) is 31.6 Å². The van der Waals surface area contributed by atoms with Gasteiger partial charge in [0.15, 0.2) is 0 Å². The summed E-state index contributed by atoms with van der Waals surface area (Å²) in [5.41, 5.74) is 9.14. The van der Waals surface area contributed by atoms with Crippen molar-refractivity contribution in [3.05, 3.63) is 29.3 Å². The highest BCUT2D eigenvalue weighted by Crippen LogP contribution is 2.33. The Morgan fingerprint density at radius 1 is 1.42 bits per heavy atom. The summed E-state index contributed by atoms with van der Waals surface area (Å²) in [6.07, 6.45) is 4.75. The maximum Gasteiger partial charge on any atom is 0.119 e. The number of nitrogens with two attached hydrogens (primary N) is 1. The van der Waals surface area contributed by atoms with Crippen molar-refractivity contribution in [2.24, 2.45) is 5.73 Å². The summed E-state index contributed by atoms with van der Waals surface area (Å²) in [6, 6.07) is 6.86. The Morgan fingerprint density at radius 2 is 2.21 bits per heavy atom. The van der Waals surface area contributed by atoms with Crippen LogP contribution in [0.1, 0.15) is 43.4 Å². The fourth-order valence-corrected chi connectivity index (χ4v) is 3.00. The van der Waals surface area contributed by atoms with E-state index < -0.39 is 0 Å². The summed E-state index contributed by atoms with van der Waals surface area (Å²) in [5, 5.41) is 0. The third kappa shape index (κ3) is 3.10. The lowest BCUT2D eigenvalue weighted by molar-refractivity contribution is 0.189. The van der Waals surface area contributed by atoms with Gasteiger partial charge < -0.3 is 15.4 Å². The number of aryl methyl sites for hydroxylation is 1. The minimum absolute atomic E-state index is 0.0979. The van der Waals surface area contributed by atoms with Crippen LogP contribution in [0.5, 0.6) is 5.75 Å². The van der Waals surface area contributed by atoms with Gasteiger partial charge in [-0.05, 0) is 56.1 Å². The Bertz CT molecular complexity index is 419. The predicted molar refractivity (Wildman–Crippen MR) is 79.6 cm³/mol. The molecule has 2 N–H and O–H groups in total. The predicted octanol–water partition coefficient (Wildman–Crippen LogP) is 2.74. The number of ether oxygens (including phenoxy) is 1. The Hall–Kier alpha value is -1.06. The summed E-state index contributed by atoms with van der Waals surface area (Å²) in [6.45, 7) is 3.36. The van der Waals surface area contributed by atoms with Gasteiger partial charge in [-0.1, -0.05) is 19.4 Å². The second-order valence-electron chi connectivity index (χ2n) is 5.53. The SMILES string of the molecule is CCCCN(C)C1CCc2ccc(OC)cc2C1N. The van der Waals surface area contributed by atoms with Gasteiger partial charge in [0.2, 0.25) is 0 Å². The van der Waals surface area contributed by atoms with Crippen LogP contribution in [0.2, 0.25) is 0 Å². The largest absolute Gasteiger partial charge is 0.497 e. The third-order valence-electron chi connectivity index (χ3n) is 4.27. The van der Waals surface area contributed by atoms with E-state index in [9.17, 15) is 0 Å². The number of hydrogen-bond donors (Lipinski definition) is 1. The average molecular weight is 262 g/mol. The van der Waals surface area contributed by atoms with Crippen molar-refractivity contribution in [2.75, 3.05) is 20.7 Å². The van der Waals surface area contributed by atoms with Crippen LogP contribution in [0, 0.1) is 0 Å². The first-order chi connectivity index (χ1) is 9.17. The number of rotatable bonds is 5. The quantitative estimate of drug-likeness (QED) is 0.886. The number of hydrogen-bond acceptors (Lipinski definition) is 3. The molecule has 0 fully saturated rings. The molecule has 2 atom stereocenters. The molecule has 1 aromatic carbocycles. The molecular weight excluding hydrogens is 236 g/mol. The highest BCUT2D eigenvalue weighted by molar-refractivity contribution is 5.40. The van der Waals surface area contributed by atoms with Crippen LogP contribution in [0.3, 0.4) is 0 Å². The standard InChI is InChI=1S/C16H26N2O/c1-4-5-10-18(2)15-9-7-12-6-8-13(19-3)11-14(12)16(15)17/h6,8,11,15-16H,4-5,7,9-10,17H2,1-3H3. The van der Waals surface area contributed by atoms with E-state index in [1.165, 1.54) is 24.0 Å². The molecule has 0 saturated heterocycles. The third-order valence-corrected chi connectivity index (χ3v) is 4.27. The maximum atomic E-state index is 6.49. The number of benzene rings is 1. The van der Waals surface area contributed by atoms with Crippen LogP contribution in [0.4, 0.5) is 0 Å². The molecule has 0 amide bonds. The number of likely N-dealkylation sites (N-methyl/N-ethyl adjacent to an activating group) is 1. The Balaban J connectivity index is 2.15. The van der Waals surface area contributed by atoms with Gasteiger partial charge in [0, 0.05) is 12.1 Å². The molecule has 1 aliphatic carbocycles. The van der Waals surface area contributed by atoms with Gasteiger partial charge in [-0.25, -0.2) is 0 Å². The zero-order valence-corrected chi connectivity index (χ0v) is 12.4. The van der Waals surface area contributed by atoms with Crippen molar-refractivity contribution in [2.45, 2.75) is 44.7 Å². The Kier molecular flexibility index (Phi) is 4.83. The summed E-state index contributed by atoms with van der Waals surface area (Å²) in [5.74, 6) is 0.908. The molecule has 3 nitrogen and oxygen atoms in total. The molecule has 2 rings (SSSR count). The molecule has 0 aliphatic heterocycles. The fourth-order valence-electron chi connectivity index (χ4n) is 3.00. The molecule has 0 saturated carbocycles. The van der Waals surface area contributed by atoms with E-state index in [0.29, 0.717) is 6.04 Å². The lowest BCUT2D eigenvalue weighted by Crippen LogP contribution is -2.43. The smallest absolute Gasteiger partial charge is 0.119 e. The first-order valence-corrected chi connectivity index (χ1v) is 7.30. The van der Waals surface area contributed by atoms with Crippen molar-refractivity contribution >= 4 is 0 Å². The topological polar surface area (TPSA) is 38.5 Å². The molecule has 0 bridgehead atoms. The van der Waals surface area contributed by atoms with Crippen molar-refractivity contribution in [1.29, 1.82) is 0 Å². The zero-order chi connectivity index (χ0) is 13.8. The van der Waals surface area contributed by atoms with E-state index in [1.54, 1.807) is 7.11 Å². The lowest BCUT2D eigenvalue weighted by Gasteiger charge is -2.37. The van der Waals surface area contributed by atoms with E-state index in [4.69, 9.17) is 10.5 Å². The van der Waals surface area contributed by atoms with Crippen molar-refractivity contribution in [3.8, 4) is 5.75 Å². The molecular formula is C16H26N2O. The van der Waals surface area contributed by atoms with Crippen LogP contribution < -0.4 is 10.5 Å². The van der Waals surface area contributed by atoms with E-state index in [2.05, 4.69) is 31.0 Å². The molecule has 106 valence electrons. The number of fused-ring (bicyclic) bond motifs is 1. The summed E-state index contributed by atoms with van der Waals surface area (Å²) >= 11 is 0. The number of methoxy groups -OCH3 is 1. The van der Waals surface area contributed by atoms with Gasteiger partial charge in [0.05, 0.1) is 7.11 Å². The van der Waals surface area contributed by atoms with Crippen LogP contribution >= 0.6 is 0 Å². The second kappa shape index (κ2) is 6.40. The zero-order valence-electron chi connectivity index (χ0n) is 12.4. The monoisotopic (exact) mass is 262 g/mol. The van der Waals surface area contributed by atoms with Crippen molar-refractivity contribution in [3.63, 3.8) is 0 Å². The Morgan fingerprint density at radius 3 is 2.89 bits per heavy atom. The molecule has 3 heteroatoms. The van der Waals surface area contributed by atoms with Crippen LogP contribution in [0.15, 0.2) is 18.2 Å². The highest BCUT2D eigenvalue weighted by Gasteiger charge is 2.29. The number of unbranched alkanes of at least 4 members (excludes halogenated alkanes) is 1. The van der Waals surface area contributed by atoms with Gasteiger partial charge in [0.25, 0.3) is 0 Å². The van der Waals surface area contributed by atoms with Crippen molar-refractivity contribution in [1.82, 2.24) is 4.90 Å². The molecule has 1 aromatic rings. The second-order valence-corrected chi connectivity index (χ2v) is 5.53. The molecule has 1 aliphatic rings. The molecule has 0 radical (unpaired) electrons. The molecule has 0 aromatic heterocycles. The fraction of sp³-hybridized carbons (Fsp3) is 0.625. The maximum absolute atomic E-state index is 6.49. The van der Waals surface area contributed by atoms with Crippen LogP contribution in [-0.2, 0) is 6.42 Å². The first kappa shape index (κ1) is 14.4. The van der Waals surface area contributed by atoms with Gasteiger partial charge in [-0.3, -0.25) is 0 Å².